The molecule has 0 aromatic rings. The molecule has 3 nitrogen and oxygen atoms in total. The largest absolute Gasteiger partial charge is 0.303 e. The zero-order valence-electron chi connectivity index (χ0n) is 10.9. The smallest absolute Gasteiger partial charge is 0.0483 e. The zero-order chi connectivity index (χ0) is 11.4. The quantitative estimate of drug-likeness (QED) is 0.765. The predicted octanol–water partition coefficient (Wildman–Crippen LogP) is 1.50. The third-order valence-electron chi connectivity index (χ3n) is 4.29. The summed E-state index contributed by atoms with van der Waals surface area (Å²) in [6.45, 7) is 10.7. The van der Waals surface area contributed by atoms with Gasteiger partial charge in [0.2, 0.25) is 0 Å². The van der Waals surface area contributed by atoms with Gasteiger partial charge in [-0.15, -0.1) is 0 Å². The highest BCUT2D eigenvalue weighted by atomic mass is 15.3. The molecule has 94 valence electrons. The van der Waals surface area contributed by atoms with E-state index < -0.39 is 0 Å². The van der Waals surface area contributed by atoms with Crippen LogP contribution in [0.1, 0.15) is 39.5 Å². The monoisotopic (exact) mass is 225 g/mol. The lowest BCUT2D eigenvalue weighted by Crippen LogP contribution is -2.43. The van der Waals surface area contributed by atoms with Gasteiger partial charge in [0.15, 0.2) is 0 Å². The van der Waals surface area contributed by atoms with Crippen LogP contribution in [0, 0.1) is 0 Å². The van der Waals surface area contributed by atoms with Crippen molar-refractivity contribution in [3.63, 3.8) is 0 Å². The Morgan fingerprint density at radius 3 is 2.56 bits per heavy atom. The summed E-state index contributed by atoms with van der Waals surface area (Å²) in [5.74, 6) is 0. The Balaban J connectivity index is 1.63. The number of nitrogens with one attached hydrogen (secondary N) is 1. The van der Waals surface area contributed by atoms with Crippen LogP contribution in [0.2, 0.25) is 0 Å². The maximum Gasteiger partial charge on any atom is 0.0483 e. The van der Waals surface area contributed by atoms with E-state index in [1.165, 1.54) is 51.9 Å². The Morgan fingerprint density at radius 1 is 1.12 bits per heavy atom. The molecule has 2 heterocycles. The van der Waals surface area contributed by atoms with Gasteiger partial charge in [-0.25, -0.2) is 0 Å². The Bertz CT molecular complexity index is 207. The molecule has 0 amide bonds. The van der Waals surface area contributed by atoms with Gasteiger partial charge >= 0.3 is 0 Å². The van der Waals surface area contributed by atoms with Gasteiger partial charge in [-0.2, -0.15) is 0 Å². The molecule has 3 heteroatoms. The van der Waals surface area contributed by atoms with E-state index in [4.69, 9.17) is 0 Å². The normalized spacial score (nSPS) is 32.6. The van der Waals surface area contributed by atoms with Gasteiger partial charge in [0.1, 0.15) is 0 Å². The predicted molar refractivity (Wildman–Crippen MR) is 68.5 cm³/mol. The lowest BCUT2D eigenvalue weighted by atomic mass is 10.2. The van der Waals surface area contributed by atoms with Crippen molar-refractivity contribution in [3.05, 3.63) is 0 Å². The first kappa shape index (κ1) is 12.3. The van der Waals surface area contributed by atoms with E-state index in [1.54, 1.807) is 0 Å². The Morgan fingerprint density at radius 2 is 1.88 bits per heavy atom. The second kappa shape index (κ2) is 5.99. The van der Waals surface area contributed by atoms with Gasteiger partial charge in [-0.3, -0.25) is 9.80 Å². The van der Waals surface area contributed by atoms with Crippen LogP contribution >= 0.6 is 0 Å². The van der Waals surface area contributed by atoms with E-state index in [0.717, 1.165) is 18.8 Å². The summed E-state index contributed by atoms with van der Waals surface area (Å²) in [6, 6.07) is 1.58. The van der Waals surface area contributed by atoms with Crippen molar-refractivity contribution in [3.8, 4) is 0 Å². The van der Waals surface area contributed by atoms with Gasteiger partial charge in [0.05, 0.1) is 0 Å². The summed E-state index contributed by atoms with van der Waals surface area (Å²) in [6.07, 6.45) is 5.54. The van der Waals surface area contributed by atoms with Crippen molar-refractivity contribution < 1.29 is 0 Å². The Hall–Kier alpha value is -0.120. The van der Waals surface area contributed by atoms with Crippen molar-refractivity contribution in [2.24, 2.45) is 0 Å². The summed E-state index contributed by atoms with van der Waals surface area (Å²) in [7, 11) is 0. The van der Waals surface area contributed by atoms with Crippen LogP contribution in [-0.2, 0) is 0 Å². The van der Waals surface area contributed by atoms with E-state index in [1.807, 2.05) is 0 Å². The SMILES string of the molecule is CCN1CCCC1CNCN1CCCC1C. The standard InChI is InChI=1S/C13H27N3/c1-3-15-8-5-7-13(15)10-14-11-16-9-4-6-12(16)2/h12-14H,3-11H2,1-2H3. The minimum absolute atomic E-state index is 0.790. The molecule has 0 radical (unpaired) electrons. The molecule has 2 saturated heterocycles. The molecule has 16 heavy (non-hydrogen) atoms. The third-order valence-corrected chi connectivity index (χ3v) is 4.29. The van der Waals surface area contributed by atoms with E-state index in [0.29, 0.717) is 0 Å². The van der Waals surface area contributed by atoms with Crippen LogP contribution in [0.25, 0.3) is 0 Å². The average Bonchev–Trinajstić information content (AvgIpc) is 2.88. The molecule has 2 aliphatic heterocycles. The first-order valence-electron chi connectivity index (χ1n) is 7.00. The average molecular weight is 225 g/mol. The van der Waals surface area contributed by atoms with Gasteiger partial charge in [0.25, 0.3) is 0 Å². The molecular weight excluding hydrogens is 198 g/mol. The summed E-state index contributed by atoms with van der Waals surface area (Å²) >= 11 is 0. The third kappa shape index (κ3) is 2.96. The number of hydrogen-bond donors (Lipinski definition) is 1. The molecule has 2 atom stereocenters. The highest BCUT2D eigenvalue weighted by Gasteiger charge is 2.23. The molecule has 0 saturated carbocycles. The number of likely N-dealkylation sites (N-methyl/N-ethyl adjacent to an activating group) is 1. The van der Waals surface area contributed by atoms with Gasteiger partial charge < -0.3 is 5.32 Å². The molecule has 2 rings (SSSR count). The van der Waals surface area contributed by atoms with Crippen LogP contribution in [0.15, 0.2) is 0 Å². The summed E-state index contributed by atoms with van der Waals surface area (Å²) in [5, 5.41) is 3.65. The highest BCUT2D eigenvalue weighted by molar-refractivity contribution is 4.81. The summed E-state index contributed by atoms with van der Waals surface area (Å²) < 4.78 is 0. The maximum atomic E-state index is 3.65. The lowest BCUT2D eigenvalue weighted by Gasteiger charge is -2.26. The number of likely N-dealkylation sites (tertiary alicyclic amines) is 2. The Kier molecular flexibility index (Phi) is 4.62. The molecule has 2 unspecified atom stereocenters. The number of hydrogen-bond acceptors (Lipinski definition) is 3. The second-order valence-corrected chi connectivity index (χ2v) is 5.34. The summed E-state index contributed by atoms with van der Waals surface area (Å²) in [4.78, 5) is 5.19. The molecule has 2 fully saturated rings. The first-order valence-corrected chi connectivity index (χ1v) is 7.00. The zero-order valence-corrected chi connectivity index (χ0v) is 10.9. The van der Waals surface area contributed by atoms with Crippen LogP contribution in [0.3, 0.4) is 0 Å². The molecular formula is C13H27N3. The number of rotatable bonds is 5. The topological polar surface area (TPSA) is 18.5 Å². The van der Waals surface area contributed by atoms with Gasteiger partial charge in [-0.05, 0) is 52.2 Å². The molecule has 0 aromatic heterocycles. The molecule has 0 bridgehead atoms. The van der Waals surface area contributed by atoms with Crippen LogP contribution in [0.4, 0.5) is 0 Å². The molecule has 1 N–H and O–H groups in total. The molecule has 0 aromatic carbocycles. The minimum atomic E-state index is 0.790. The van der Waals surface area contributed by atoms with Crippen LogP contribution in [0.5, 0.6) is 0 Å². The second-order valence-electron chi connectivity index (χ2n) is 5.34. The fraction of sp³-hybridized carbons (Fsp3) is 1.00. The highest BCUT2D eigenvalue weighted by Crippen LogP contribution is 2.17. The first-order chi connectivity index (χ1) is 7.81. The van der Waals surface area contributed by atoms with Crippen LogP contribution in [-0.4, -0.2) is 54.7 Å². The fourth-order valence-electron chi connectivity index (χ4n) is 3.15. The van der Waals surface area contributed by atoms with Crippen molar-refractivity contribution in [1.29, 1.82) is 0 Å². The summed E-state index contributed by atoms with van der Waals surface area (Å²) in [5.41, 5.74) is 0. The maximum absolute atomic E-state index is 3.65. The van der Waals surface area contributed by atoms with Crippen molar-refractivity contribution >= 4 is 0 Å². The van der Waals surface area contributed by atoms with Crippen molar-refractivity contribution in [1.82, 2.24) is 15.1 Å². The number of nitrogens with zero attached hydrogens (tertiary/aromatic N) is 2. The van der Waals surface area contributed by atoms with Crippen molar-refractivity contribution in [2.75, 3.05) is 32.8 Å². The lowest BCUT2D eigenvalue weighted by molar-refractivity contribution is 0.217. The molecule has 0 aliphatic carbocycles. The molecule has 0 spiro atoms. The molecule has 2 aliphatic rings. The van der Waals surface area contributed by atoms with Gasteiger partial charge in [-0.1, -0.05) is 6.92 Å². The van der Waals surface area contributed by atoms with Crippen LogP contribution < -0.4 is 5.32 Å². The van der Waals surface area contributed by atoms with E-state index in [9.17, 15) is 0 Å². The van der Waals surface area contributed by atoms with E-state index >= 15 is 0 Å². The van der Waals surface area contributed by atoms with E-state index in [-0.39, 0.29) is 0 Å². The van der Waals surface area contributed by atoms with E-state index in [2.05, 4.69) is 29.0 Å². The van der Waals surface area contributed by atoms with Gasteiger partial charge in [0, 0.05) is 25.3 Å². The minimum Gasteiger partial charge on any atom is -0.303 e. The Labute approximate surface area is 100 Å². The fourth-order valence-corrected chi connectivity index (χ4v) is 3.15. The van der Waals surface area contributed by atoms with Crippen molar-refractivity contribution in [2.45, 2.75) is 51.6 Å².